The Labute approximate surface area is 150 Å². The summed E-state index contributed by atoms with van der Waals surface area (Å²) in [6.45, 7) is 5.51. The third-order valence-electron chi connectivity index (χ3n) is 3.86. The van der Waals surface area contributed by atoms with Crippen LogP contribution < -0.4 is 5.32 Å². The van der Waals surface area contributed by atoms with Crippen molar-refractivity contribution >= 4 is 17.2 Å². The van der Waals surface area contributed by atoms with Gasteiger partial charge in [-0.05, 0) is 38.5 Å². The van der Waals surface area contributed by atoms with E-state index in [0.29, 0.717) is 25.3 Å². The van der Waals surface area contributed by atoms with Crippen LogP contribution in [0.2, 0.25) is 0 Å². The van der Waals surface area contributed by atoms with Crippen LogP contribution in [-0.4, -0.2) is 28.6 Å². The molecule has 0 unspecified atom stereocenters. The van der Waals surface area contributed by atoms with E-state index < -0.39 is 0 Å². The molecular weight excluding hydrogens is 338 g/mol. The second-order valence-electron chi connectivity index (χ2n) is 5.68. The zero-order valence-corrected chi connectivity index (χ0v) is 15.1. The predicted molar refractivity (Wildman–Crippen MR) is 96.2 cm³/mol. The third-order valence-corrected chi connectivity index (χ3v) is 4.62. The van der Waals surface area contributed by atoms with Crippen LogP contribution in [0.1, 0.15) is 33.9 Å². The van der Waals surface area contributed by atoms with Gasteiger partial charge in [0.15, 0.2) is 5.13 Å². The van der Waals surface area contributed by atoms with E-state index >= 15 is 0 Å². The summed E-state index contributed by atoms with van der Waals surface area (Å²) < 4.78 is 12.7. The topological polar surface area (TPSA) is 69.3 Å². The molecule has 0 aromatic carbocycles. The molecule has 0 radical (unpaired) electrons. The highest BCUT2D eigenvalue weighted by molar-refractivity contribution is 7.12. The van der Waals surface area contributed by atoms with Crippen LogP contribution in [0.25, 0.3) is 5.13 Å². The van der Waals surface area contributed by atoms with Crippen molar-refractivity contribution in [3.05, 3.63) is 58.8 Å². The molecule has 0 aliphatic carbocycles. The largest absolute Gasteiger partial charge is 0.467 e. The number of aromatic nitrogens is 2. The lowest BCUT2D eigenvalue weighted by Crippen LogP contribution is -2.25. The minimum atomic E-state index is -0.0676. The van der Waals surface area contributed by atoms with Crippen LogP contribution in [0, 0.1) is 13.8 Å². The van der Waals surface area contributed by atoms with E-state index in [1.54, 1.807) is 23.8 Å². The first-order chi connectivity index (χ1) is 12.2. The van der Waals surface area contributed by atoms with Gasteiger partial charge in [0.25, 0.3) is 5.91 Å². The SMILES string of the molecule is Cc1cc(C(=O)NCCCOCc2ccco2)c(C)n1-c1nccs1. The smallest absolute Gasteiger partial charge is 0.253 e. The average Bonchev–Trinajstić information content (AvgIpc) is 3.32. The van der Waals surface area contributed by atoms with E-state index in [1.807, 2.05) is 42.0 Å². The first-order valence-corrected chi connectivity index (χ1v) is 9.02. The zero-order chi connectivity index (χ0) is 17.6. The fourth-order valence-corrected chi connectivity index (χ4v) is 3.40. The summed E-state index contributed by atoms with van der Waals surface area (Å²) in [4.78, 5) is 16.7. The lowest BCUT2D eigenvalue weighted by atomic mass is 10.2. The minimum absolute atomic E-state index is 0.0676. The Balaban J connectivity index is 1.48. The number of carbonyl (C=O) groups is 1. The number of hydrogen-bond acceptors (Lipinski definition) is 5. The van der Waals surface area contributed by atoms with Gasteiger partial charge in [0.05, 0.1) is 11.8 Å². The molecule has 0 aliphatic heterocycles. The summed E-state index contributed by atoms with van der Waals surface area (Å²) >= 11 is 1.55. The normalized spacial score (nSPS) is 11.0. The van der Waals surface area contributed by atoms with Gasteiger partial charge in [-0.25, -0.2) is 4.98 Å². The molecule has 0 aliphatic rings. The highest BCUT2D eigenvalue weighted by Gasteiger charge is 2.17. The maximum Gasteiger partial charge on any atom is 0.253 e. The van der Waals surface area contributed by atoms with Crippen LogP contribution >= 0.6 is 11.3 Å². The van der Waals surface area contributed by atoms with Crippen molar-refractivity contribution < 1.29 is 13.9 Å². The molecule has 3 aromatic heterocycles. The summed E-state index contributed by atoms with van der Waals surface area (Å²) in [5.41, 5.74) is 2.59. The van der Waals surface area contributed by atoms with Gasteiger partial charge in [-0.2, -0.15) is 0 Å². The van der Waals surface area contributed by atoms with Crippen molar-refractivity contribution in [3.8, 4) is 5.13 Å². The van der Waals surface area contributed by atoms with Crippen molar-refractivity contribution in [2.75, 3.05) is 13.2 Å². The molecule has 0 fully saturated rings. The monoisotopic (exact) mass is 359 g/mol. The molecule has 3 rings (SSSR count). The number of nitrogens with one attached hydrogen (secondary N) is 1. The number of rotatable bonds is 8. The van der Waals surface area contributed by atoms with Gasteiger partial charge in [-0.15, -0.1) is 11.3 Å². The summed E-state index contributed by atoms with van der Waals surface area (Å²) in [6, 6.07) is 5.61. The Morgan fingerprint density at radius 3 is 3.04 bits per heavy atom. The number of nitrogens with zero attached hydrogens (tertiary/aromatic N) is 2. The van der Waals surface area contributed by atoms with Crippen LogP contribution in [0.5, 0.6) is 0 Å². The van der Waals surface area contributed by atoms with Crippen LogP contribution in [0.3, 0.4) is 0 Å². The summed E-state index contributed by atoms with van der Waals surface area (Å²) in [5, 5.41) is 5.75. The van der Waals surface area contributed by atoms with Gasteiger partial charge in [0, 0.05) is 36.1 Å². The Morgan fingerprint density at radius 2 is 2.32 bits per heavy atom. The van der Waals surface area contributed by atoms with Crippen LogP contribution in [0.4, 0.5) is 0 Å². The molecule has 1 N–H and O–H groups in total. The lowest BCUT2D eigenvalue weighted by molar-refractivity contribution is 0.0916. The second kappa shape index (κ2) is 8.13. The van der Waals surface area contributed by atoms with Gasteiger partial charge < -0.3 is 14.5 Å². The number of carbonyl (C=O) groups excluding carboxylic acids is 1. The molecule has 132 valence electrons. The zero-order valence-electron chi connectivity index (χ0n) is 14.3. The highest BCUT2D eigenvalue weighted by atomic mass is 32.1. The van der Waals surface area contributed by atoms with Gasteiger partial charge >= 0.3 is 0 Å². The lowest BCUT2D eigenvalue weighted by Gasteiger charge is -2.07. The third kappa shape index (κ3) is 4.18. The molecule has 0 bridgehead atoms. The summed E-state index contributed by atoms with van der Waals surface area (Å²) in [5.74, 6) is 0.737. The van der Waals surface area contributed by atoms with Gasteiger partial charge in [0.1, 0.15) is 12.4 Å². The summed E-state index contributed by atoms with van der Waals surface area (Å²) in [6.07, 6.45) is 4.14. The quantitative estimate of drug-likeness (QED) is 0.625. The maximum absolute atomic E-state index is 12.4. The van der Waals surface area contributed by atoms with Crippen molar-refractivity contribution in [1.29, 1.82) is 0 Å². The van der Waals surface area contributed by atoms with E-state index in [4.69, 9.17) is 9.15 Å². The van der Waals surface area contributed by atoms with Crippen LogP contribution in [0.15, 0.2) is 40.5 Å². The van der Waals surface area contributed by atoms with E-state index in [-0.39, 0.29) is 5.91 Å². The number of thiazole rings is 1. The van der Waals surface area contributed by atoms with E-state index in [2.05, 4.69) is 10.3 Å². The second-order valence-corrected chi connectivity index (χ2v) is 6.55. The molecule has 0 atom stereocenters. The van der Waals surface area contributed by atoms with E-state index in [0.717, 1.165) is 28.7 Å². The molecule has 1 amide bonds. The number of amides is 1. The Hall–Kier alpha value is -2.38. The molecule has 3 heterocycles. The van der Waals surface area contributed by atoms with Gasteiger partial charge in [-0.3, -0.25) is 9.36 Å². The van der Waals surface area contributed by atoms with Crippen molar-refractivity contribution in [3.63, 3.8) is 0 Å². The molecular formula is C18H21N3O3S. The molecule has 7 heteroatoms. The Morgan fingerprint density at radius 1 is 1.44 bits per heavy atom. The number of aryl methyl sites for hydroxylation is 1. The van der Waals surface area contributed by atoms with Gasteiger partial charge in [-0.1, -0.05) is 0 Å². The number of hydrogen-bond donors (Lipinski definition) is 1. The average molecular weight is 359 g/mol. The molecule has 0 spiro atoms. The number of furan rings is 1. The fourth-order valence-electron chi connectivity index (χ4n) is 2.65. The van der Waals surface area contributed by atoms with Crippen molar-refractivity contribution in [1.82, 2.24) is 14.9 Å². The first-order valence-electron chi connectivity index (χ1n) is 8.14. The van der Waals surface area contributed by atoms with Gasteiger partial charge in [0.2, 0.25) is 0 Å². The van der Waals surface area contributed by atoms with Crippen molar-refractivity contribution in [2.24, 2.45) is 0 Å². The predicted octanol–water partition coefficient (Wildman–Crippen LogP) is 3.48. The standard InChI is InChI=1S/C18H21N3O3S/c1-13-11-16(14(2)21(13)18-20-7-10-25-18)17(22)19-6-4-8-23-12-15-5-3-9-24-15/h3,5,7,9-11H,4,6,8,12H2,1-2H3,(H,19,22). The Bertz CT molecular complexity index is 807. The highest BCUT2D eigenvalue weighted by Crippen LogP contribution is 2.22. The minimum Gasteiger partial charge on any atom is -0.467 e. The first kappa shape index (κ1) is 17.4. The van der Waals surface area contributed by atoms with E-state index in [1.165, 1.54) is 0 Å². The fraction of sp³-hybridized carbons (Fsp3) is 0.333. The molecule has 0 saturated carbocycles. The van der Waals surface area contributed by atoms with E-state index in [9.17, 15) is 4.79 Å². The number of ether oxygens (including phenoxy) is 1. The summed E-state index contributed by atoms with van der Waals surface area (Å²) in [7, 11) is 0. The Kier molecular flexibility index (Phi) is 5.67. The molecule has 25 heavy (non-hydrogen) atoms. The molecule has 3 aromatic rings. The molecule has 6 nitrogen and oxygen atoms in total. The molecule has 0 saturated heterocycles. The van der Waals surface area contributed by atoms with Crippen LogP contribution in [-0.2, 0) is 11.3 Å². The maximum atomic E-state index is 12.4. The van der Waals surface area contributed by atoms with Crippen molar-refractivity contribution in [2.45, 2.75) is 26.9 Å².